The smallest absolute Gasteiger partial charge is 0.326 e. The summed E-state index contributed by atoms with van der Waals surface area (Å²) in [5.41, 5.74) is 22.2. The molecule has 15 heteroatoms. The third kappa shape index (κ3) is 8.87. The van der Waals surface area contributed by atoms with Gasteiger partial charge in [0.25, 0.3) is 0 Å². The van der Waals surface area contributed by atoms with Crippen molar-refractivity contribution in [2.75, 3.05) is 6.54 Å². The number of benzene rings is 3. The molecule has 54 heavy (non-hydrogen) atoms. The fraction of sp³-hybridized carbons (Fsp3) is 0.256. The number of fused-ring (bicyclic) bond motifs is 3. The third-order valence-electron chi connectivity index (χ3n) is 9.48. The van der Waals surface area contributed by atoms with Crippen LogP contribution in [0.5, 0.6) is 0 Å². The molecule has 3 amide bonds. The van der Waals surface area contributed by atoms with Gasteiger partial charge in [-0.15, -0.1) is 0 Å². The number of carboxylic acids is 1. The van der Waals surface area contributed by atoms with E-state index in [0.717, 1.165) is 49.4 Å². The highest BCUT2D eigenvalue weighted by Crippen LogP contribution is 2.22. The predicted molar refractivity (Wildman–Crippen MR) is 207 cm³/mol. The number of rotatable bonds is 17. The summed E-state index contributed by atoms with van der Waals surface area (Å²) in [5, 5.41) is 20.9. The minimum absolute atomic E-state index is 0.0236. The number of nitrogens with zero attached hydrogens (tertiary/aromatic N) is 1. The average molecular weight is 733 g/mol. The lowest BCUT2D eigenvalue weighted by Crippen LogP contribution is -2.58. The zero-order valence-electron chi connectivity index (χ0n) is 29.5. The predicted octanol–water partition coefficient (Wildman–Crippen LogP) is 2.08. The lowest BCUT2D eigenvalue weighted by molar-refractivity contribution is -0.142. The first-order chi connectivity index (χ1) is 26.1. The van der Waals surface area contributed by atoms with E-state index in [1.54, 1.807) is 12.4 Å². The van der Waals surface area contributed by atoms with Crippen LogP contribution in [0.3, 0.4) is 0 Å². The molecule has 0 aliphatic carbocycles. The number of hydrogen-bond acceptors (Lipinski definition) is 6. The van der Waals surface area contributed by atoms with Crippen molar-refractivity contribution in [1.29, 1.82) is 0 Å². The zero-order chi connectivity index (χ0) is 38.2. The summed E-state index contributed by atoms with van der Waals surface area (Å²) in [6.45, 7) is 0.176. The van der Waals surface area contributed by atoms with Crippen LogP contribution in [0.1, 0.15) is 29.5 Å². The Morgan fingerprint density at radius 2 is 1.02 bits per heavy atom. The normalized spacial score (nSPS) is 13.6. The summed E-state index contributed by atoms with van der Waals surface area (Å²) in [6, 6.07) is 18.1. The SMILES string of the molecule is NC(N)=NCCCC(NC(=O)C(Cc1c[nH]c2ccccc12)NC(=O)C(Cc1c[nH]c2ccccc12)NC(=O)C(N)Cc1c[nH]c2ccccc12)C(=O)O. The Morgan fingerprint density at radius 1 is 0.611 bits per heavy atom. The van der Waals surface area contributed by atoms with E-state index >= 15 is 0 Å². The van der Waals surface area contributed by atoms with E-state index in [-0.39, 0.29) is 44.6 Å². The molecule has 3 aromatic carbocycles. The van der Waals surface area contributed by atoms with Crippen molar-refractivity contribution in [3.8, 4) is 0 Å². The molecule has 3 aromatic heterocycles. The Hall–Kier alpha value is -6.61. The lowest BCUT2D eigenvalue weighted by Gasteiger charge is -2.25. The van der Waals surface area contributed by atoms with E-state index in [2.05, 4.69) is 35.9 Å². The fourth-order valence-corrected chi connectivity index (χ4v) is 6.67. The number of carbonyl (C=O) groups is 4. The number of para-hydroxylation sites is 3. The van der Waals surface area contributed by atoms with Gasteiger partial charge in [0, 0.05) is 70.7 Å². The molecule has 0 saturated carbocycles. The minimum Gasteiger partial charge on any atom is -0.480 e. The molecular weight excluding hydrogens is 688 g/mol. The molecule has 0 fully saturated rings. The second-order valence-electron chi connectivity index (χ2n) is 13.3. The monoisotopic (exact) mass is 732 g/mol. The molecule has 4 atom stereocenters. The van der Waals surface area contributed by atoms with Crippen LogP contribution in [0, 0.1) is 0 Å². The molecule has 6 aromatic rings. The first-order valence-electron chi connectivity index (χ1n) is 17.7. The van der Waals surface area contributed by atoms with E-state index in [1.165, 1.54) is 0 Å². The largest absolute Gasteiger partial charge is 0.480 e. The van der Waals surface area contributed by atoms with E-state index in [1.807, 2.05) is 79.0 Å². The number of guanidine groups is 1. The number of hydrogen-bond donors (Lipinski definition) is 10. The van der Waals surface area contributed by atoms with Crippen molar-refractivity contribution in [1.82, 2.24) is 30.9 Å². The van der Waals surface area contributed by atoms with Gasteiger partial charge in [-0.2, -0.15) is 0 Å². The van der Waals surface area contributed by atoms with Crippen LogP contribution in [-0.4, -0.2) is 80.4 Å². The number of nitrogens with two attached hydrogens (primary N) is 3. The first-order valence-corrected chi connectivity index (χ1v) is 17.7. The van der Waals surface area contributed by atoms with Crippen LogP contribution in [0.25, 0.3) is 32.7 Å². The van der Waals surface area contributed by atoms with Crippen LogP contribution < -0.4 is 33.2 Å². The second-order valence-corrected chi connectivity index (χ2v) is 13.3. The highest BCUT2D eigenvalue weighted by Gasteiger charge is 2.32. The minimum atomic E-state index is -1.28. The maximum atomic E-state index is 14.3. The van der Waals surface area contributed by atoms with Crippen molar-refractivity contribution >= 4 is 62.4 Å². The molecule has 6 rings (SSSR count). The Balaban J connectivity index is 1.26. The summed E-state index contributed by atoms with van der Waals surface area (Å²) in [5.74, 6) is -3.28. The molecule has 13 N–H and O–H groups in total. The number of amides is 3. The Kier molecular flexibility index (Phi) is 11.6. The number of aromatic amines is 3. The van der Waals surface area contributed by atoms with Gasteiger partial charge in [0.15, 0.2) is 5.96 Å². The summed E-state index contributed by atoms with van der Waals surface area (Å²) in [6.07, 6.45) is 5.97. The maximum absolute atomic E-state index is 14.3. The zero-order valence-corrected chi connectivity index (χ0v) is 29.5. The van der Waals surface area contributed by atoms with Gasteiger partial charge in [0.1, 0.15) is 18.1 Å². The van der Waals surface area contributed by atoms with E-state index < -0.39 is 47.9 Å². The van der Waals surface area contributed by atoms with Crippen molar-refractivity contribution < 1.29 is 24.3 Å². The Labute approximate surface area is 310 Å². The molecule has 3 heterocycles. The molecule has 15 nitrogen and oxygen atoms in total. The average Bonchev–Trinajstić information content (AvgIpc) is 3.89. The molecule has 0 spiro atoms. The van der Waals surface area contributed by atoms with E-state index in [0.29, 0.717) is 0 Å². The quantitative estimate of drug-likeness (QED) is 0.0376. The van der Waals surface area contributed by atoms with Crippen molar-refractivity contribution in [2.24, 2.45) is 22.2 Å². The number of aliphatic carboxylic acids is 1. The molecule has 4 unspecified atom stereocenters. The van der Waals surface area contributed by atoms with E-state index in [4.69, 9.17) is 17.2 Å². The number of aliphatic imine (C=N–C) groups is 1. The number of H-pyrrole nitrogens is 3. The standard InChI is InChI=1S/C39H44N10O5/c40-28(16-22-19-44-29-11-4-1-8-25(22)29)35(50)48-33(17-23-20-45-30-12-5-2-9-26(23)30)37(52)49-34(18-24-21-46-31-13-6-3-10-27(24)31)36(51)47-32(38(53)54)14-7-15-43-39(41)42/h1-6,8-13,19-21,28,32-34,44-46H,7,14-18,40H2,(H,47,51)(H,48,50)(H,49,52)(H,53,54)(H4,41,42,43). The maximum Gasteiger partial charge on any atom is 0.326 e. The van der Waals surface area contributed by atoms with Crippen molar-refractivity contribution in [2.45, 2.75) is 56.3 Å². The number of carboxylic acid groups (broad SMARTS) is 1. The van der Waals surface area contributed by atoms with Crippen LogP contribution in [0.2, 0.25) is 0 Å². The molecule has 0 saturated heterocycles. The molecular formula is C39H44N10O5. The number of carbonyl (C=O) groups excluding carboxylic acids is 3. The molecule has 280 valence electrons. The summed E-state index contributed by atoms with van der Waals surface area (Å²) in [4.78, 5) is 67.7. The van der Waals surface area contributed by atoms with E-state index in [9.17, 15) is 24.3 Å². The summed E-state index contributed by atoms with van der Waals surface area (Å²) in [7, 11) is 0. The van der Waals surface area contributed by atoms with Gasteiger partial charge in [0.05, 0.1) is 6.04 Å². The van der Waals surface area contributed by atoms with Gasteiger partial charge in [-0.3, -0.25) is 19.4 Å². The first kappa shape index (κ1) is 37.2. The number of nitrogens with one attached hydrogen (secondary N) is 6. The molecule has 0 aliphatic rings. The summed E-state index contributed by atoms with van der Waals surface area (Å²) < 4.78 is 0. The molecule has 0 bridgehead atoms. The van der Waals surface area contributed by atoms with Crippen LogP contribution in [-0.2, 0) is 38.4 Å². The molecule has 0 radical (unpaired) electrons. The topological polar surface area (TPSA) is 262 Å². The fourth-order valence-electron chi connectivity index (χ4n) is 6.67. The van der Waals surface area contributed by atoms with Gasteiger partial charge in [-0.25, -0.2) is 4.79 Å². The Morgan fingerprint density at radius 3 is 1.46 bits per heavy atom. The van der Waals surface area contributed by atoms with Gasteiger partial charge < -0.3 is 53.2 Å². The lowest BCUT2D eigenvalue weighted by atomic mass is 10.00. The second kappa shape index (κ2) is 16.8. The van der Waals surface area contributed by atoms with Gasteiger partial charge >= 0.3 is 5.97 Å². The van der Waals surface area contributed by atoms with Crippen LogP contribution in [0.4, 0.5) is 0 Å². The van der Waals surface area contributed by atoms with Gasteiger partial charge in [-0.1, -0.05) is 54.6 Å². The number of aromatic nitrogens is 3. The van der Waals surface area contributed by atoms with Crippen LogP contribution in [0.15, 0.2) is 96.4 Å². The molecule has 0 aliphatic heterocycles. The Bertz CT molecular complexity index is 2300. The van der Waals surface area contributed by atoms with Gasteiger partial charge in [-0.05, 0) is 54.2 Å². The highest BCUT2D eigenvalue weighted by atomic mass is 16.4. The highest BCUT2D eigenvalue weighted by molar-refractivity contribution is 5.96. The van der Waals surface area contributed by atoms with Crippen molar-refractivity contribution in [3.63, 3.8) is 0 Å². The third-order valence-corrected chi connectivity index (χ3v) is 9.48. The van der Waals surface area contributed by atoms with Crippen LogP contribution >= 0.6 is 0 Å². The summed E-state index contributed by atoms with van der Waals surface area (Å²) >= 11 is 0. The van der Waals surface area contributed by atoms with Crippen molar-refractivity contribution in [3.05, 3.63) is 108 Å². The van der Waals surface area contributed by atoms with Gasteiger partial charge in [0.2, 0.25) is 17.7 Å².